The zero-order valence-electron chi connectivity index (χ0n) is 16.8. The van der Waals surface area contributed by atoms with Crippen molar-refractivity contribution in [3.63, 3.8) is 0 Å². The van der Waals surface area contributed by atoms with Crippen LogP contribution in [0.25, 0.3) is 10.8 Å². The highest BCUT2D eigenvalue weighted by Crippen LogP contribution is 2.23. The van der Waals surface area contributed by atoms with Gasteiger partial charge in [-0.1, -0.05) is 48.5 Å². The maximum absolute atomic E-state index is 13.9. The monoisotopic (exact) mass is 427 g/mol. The van der Waals surface area contributed by atoms with Gasteiger partial charge in [-0.25, -0.2) is 17.5 Å². The van der Waals surface area contributed by atoms with E-state index in [1.807, 2.05) is 42.5 Å². The average molecular weight is 428 g/mol. The number of fused-ring (bicyclic) bond motifs is 1. The molecule has 3 aromatic carbocycles. The van der Waals surface area contributed by atoms with Gasteiger partial charge in [-0.3, -0.25) is 4.90 Å². The van der Waals surface area contributed by atoms with Gasteiger partial charge in [-0.15, -0.1) is 0 Å². The first-order valence-electron chi connectivity index (χ1n) is 10.2. The number of benzene rings is 3. The summed E-state index contributed by atoms with van der Waals surface area (Å²) in [5.41, 5.74) is 0.653. The van der Waals surface area contributed by atoms with Crippen LogP contribution in [0.5, 0.6) is 0 Å². The van der Waals surface area contributed by atoms with Crippen LogP contribution in [0.4, 0.5) is 10.1 Å². The van der Waals surface area contributed by atoms with E-state index in [1.165, 1.54) is 6.07 Å². The number of rotatable bonds is 7. The maximum Gasteiger partial charge on any atom is 0.241 e. The molecule has 158 valence electrons. The average Bonchev–Trinajstić information content (AvgIpc) is 2.77. The first kappa shape index (κ1) is 20.8. The first-order valence-corrected chi connectivity index (χ1v) is 11.7. The van der Waals surface area contributed by atoms with E-state index in [0.717, 1.165) is 49.9 Å². The second-order valence-corrected chi connectivity index (χ2v) is 9.24. The van der Waals surface area contributed by atoms with Gasteiger partial charge in [-0.2, -0.15) is 0 Å². The van der Waals surface area contributed by atoms with Crippen LogP contribution in [0.3, 0.4) is 0 Å². The Hall–Kier alpha value is -2.48. The molecule has 0 aromatic heterocycles. The number of piperazine rings is 1. The third-order valence-electron chi connectivity index (χ3n) is 5.55. The fourth-order valence-electron chi connectivity index (χ4n) is 3.94. The Morgan fingerprint density at radius 1 is 0.867 bits per heavy atom. The van der Waals surface area contributed by atoms with E-state index in [0.29, 0.717) is 17.1 Å². The molecule has 4 rings (SSSR count). The van der Waals surface area contributed by atoms with Crippen molar-refractivity contribution in [2.45, 2.75) is 11.3 Å². The Balaban J connectivity index is 1.27. The molecular formula is C23H26FN3O2S. The topological polar surface area (TPSA) is 52.7 Å². The first-order chi connectivity index (χ1) is 14.5. The van der Waals surface area contributed by atoms with Gasteiger partial charge in [0, 0.05) is 38.1 Å². The third-order valence-corrected chi connectivity index (χ3v) is 7.07. The van der Waals surface area contributed by atoms with Crippen molar-refractivity contribution < 1.29 is 12.8 Å². The number of anilines is 1. The number of para-hydroxylation sites is 1. The molecule has 0 saturated carbocycles. The summed E-state index contributed by atoms with van der Waals surface area (Å²) in [7, 11) is -3.56. The smallest absolute Gasteiger partial charge is 0.241 e. The quantitative estimate of drug-likeness (QED) is 0.587. The highest BCUT2D eigenvalue weighted by atomic mass is 32.2. The summed E-state index contributed by atoms with van der Waals surface area (Å²) in [4.78, 5) is 4.68. The van der Waals surface area contributed by atoms with Crippen LogP contribution >= 0.6 is 0 Å². The highest BCUT2D eigenvalue weighted by Gasteiger charge is 2.20. The molecule has 30 heavy (non-hydrogen) atoms. The summed E-state index contributed by atoms with van der Waals surface area (Å²) in [5.74, 6) is -0.186. The van der Waals surface area contributed by atoms with Crippen LogP contribution in [0.1, 0.15) is 6.42 Å². The third kappa shape index (κ3) is 4.64. The molecule has 1 N–H and O–H groups in total. The molecule has 7 heteroatoms. The summed E-state index contributed by atoms with van der Waals surface area (Å²) >= 11 is 0. The molecule has 0 amide bonds. The van der Waals surface area contributed by atoms with Gasteiger partial charge in [0.05, 0.1) is 10.6 Å². The van der Waals surface area contributed by atoms with Crippen molar-refractivity contribution in [1.82, 2.24) is 9.62 Å². The number of nitrogens with one attached hydrogen (secondary N) is 1. The standard InChI is InChI=1S/C23H26FN3O2S/c24-21-10-3-4-11-22(21)27-17-15-26(16-18-27)14-6-13-25-30(28,29)23-12-5-8-19-7-1-2-9-20(19)23/h1-5,7-12,25H,6,13-18H2. The second-order valence-electron chi connectivity index (χ2n) is 7.51. The van der Waals surface area contributed by atoms with Crippen molar-refractivity contribution in [2.24, 2.45) is 0 Å². The molecule has 1 aliphatic heterocycles. The molecule has 1 saturated heterocycles. The Morgan fingerprint density at radius 2 is 1.57 bits per heavy atom. The molecule has 0 bridgehead atoms. The van der Waals surface area contributed by atoms with Gasteiger partial charge in [0.25, 0.3) is 0 Å². The van der Waals surface area contributed by atoms with Crippen LogP contribution in [-0.2, 0) is 10.0 Å². The lowest BCUT2D eigenvalue weighted by Gasteiger charge is -2.36. The Kier molecular flexibility index (Phi) is 6.32. The van der Waals surface area contributed by atoms with E-state index < -0.39 is 10.0 Å². The van der Waals surface area contributed by atoms with Crippen LogP contribution in [0.15, 0.2) is 71.6 Å². The molecule has 1 aliphatic rings. The lowest BCUT2D eigenvalue weighted by atomic mass is 10.1. The SMILES string of the molecule is O=S(=O)(NCCCN1CCN(c2ccccc2F)CC1)c1cccc2ccccc12. The van der Waals surface area contributed by atoms with Gasteiger partial charge in [0.1, 0.15) is 5.82 Å². The van der Waals surface area contributed by atoms with Gasteiger partial charge in [0.2, 0.25) is 10.0 Å². The maximum atomic E-state index is 13.9. The Morgan fingerprint density at radius 3 is 2.37 bits per heavy atom. The number of nitrogens with zero attached hydrogens (tertiary/aromatic N) is 2. The lowest BCUT2D eigenvalue weighted by Crippen LogP contribution is -2.47. The minimum atomic E-state index is -3.56. The second kappa shape index (κ2) is 9.12. The Labute approximate surface area is 177 Å². The summed E-state index contributed by atoms with van der Waals surface area (Å²) in [6.45, 7) is 4.41. The predicted octanol–water partition coefficient (Wildman–Crippen LogP) is 3.47. The minimum Gasteiger partial charge on any atom is -0.367 e. The zero-order valence-corrected chi connectivity index (χ0v) is 17.6. The van der Waals surface area contributed by atoms with Gasteiger partial charge in [-0.05, 0) is 36.6 Å². The van der Waals surface area contributed by atoms with Crippen LogP contribution in [0, 0.1) is 5.82 Å². The summed E-state index contributed by atoms with van der Waals surface area (Å²) in [6, 6.07) is 19.7. The van der Waals surface area contributed by atoms with Crippen molar-refractivity contribution >= 4 is 26.5 Å². The van der Waals surface area contributed by atoms with E-state index in [4.69, 9.17) is 0 Å². The van der Waals surface area contributed by atoms with Crippen molar-refractivity contribution in [2.75, 3.05) is 44.2 Å². The van der Waals surface area contributed by atoms with E-state index >= 15 is 0 Å². The number of halogens is 1. The highest BCUT2D eigenvalue weighted by molar-refractivity contribution is 7.89. The van der Waals surface area contributed by atoms with E-state index in [-0.39, 0.29) is 5.82 Å². The molecule has 0 spiro atoms. The molecule has 1 heterocycles. The van der Waals surface area contributed by atoms with Gasteiger partial charge >= 0.3 is 0 Å². The van der Waals surface area contributed by atoms with E-state index in [1.54, 1.807) is 18.2 Å². The molecule has 0 atom stereocenters. The largest absolute Gasteiger partial charge is 0.367 e. The number of hydrogen-bond donors (Lipinski definition) is 1. The normalized spacial score (nSPS) is 15.6. The lowest BCUT2D eigenvalue weighted by molar-refractivity contribution is 0.255. The summed E-state index contributed by atoms with van der Waals surface area (Å²) in [6.07, 6.45) is 0.726. The van der Waals surface area contributed by atoms with Crippen molar-refractivity contribution in [3.8, 4) is 0 Å². The minimum absolute atomic E-state index is 0.186. The van der Waals surface area contributed by atoms with E-state index in [9.17, 15) is 12.8 Å². The molecule has 5 nitrogen and oxygen atoms in total. The van der Waals surface area contributed by atoms with Gasteiger partial charge in [0.15, 0.2) is 0 Å². The van der Waals surface area contributed by atoms with Crippen molar-refractivity contribution in [3.05, 3.63) is 72.5 Å². The van der Waals surface area contributed by atoms with Crippen LogP contribution < -0.4 is 9.62 Å². The van der Waals surface area contributed by atoms with Crippen LogP contribution in [0.2, 0.25) is 0 Å². The summed E-state index contributed by atoms with van der Waals surface area (Å²) < 4.78 is 42.2. The fraction of sp³-hybridized carbons (Fsp3) is 0.304. The van der Waals surface area contributed by atoms with Crippen molar-refractivity contribution in [1.29, 1.82) is 0 Å². The molecule has 1 fully saturated rings. The molecule has 3 aromatic rings. The molecule has 0 radical (unpaired) electrons. The summed E-state index contributed by atoms with van der Waals surface area (Å²) in [5, 5.41) is 1.64. The zero-order chi connectivity index (χ0) is 21.0. The van der Waals surface area contributed by atoms with Crippen LogP contribution in [-0.4, -0.2) is 52.6 Å². The number of sulfonamides is 1. The fourth-order valence-corrected chi connectivity index (χ4v) is 5.24. The van der Waals surface area contributed by atoms with Gasteiger partial charge < -0.3 is 4.90 Å². The molecule has 0 aliphatic carbocycles. The Bertz CT molecular complexity index is 1110. The van der Waals surface area contributed by atoms with E-state index in [2.05, 4.69) is 14.5 Å². The molecular weight excluding hydrogens is 401 g/mol. The molecule has 0 unspecified atom stereocenters. The number of hydrogen-bond acceptors (Lipinski definition) is 4. The predicted molar refractivity (Wildman–Crippen MR) is 119 cm³/mol.